The Morgan fingerprint density at radius 2 is 1.80 bits per heavy atom. The molecule has 1 amide bonds. The number of carbonyl (C=O) groups is 2. The number of ether oxygens (including phenoxy) is 2. The normalized spacial score (nSPS) is 14.0. The van der Waals surface area contributed by atoms with Crippen molar-refractivity contribution in [2.75, 3.05) is 26.3 Å². The van der Waals surface area contributed by atoms with Gasteiger partial charge in [0.15, 0.2) is 6.61 Å². The molecule has 1 saturated heterocycles. The van der Waals surface area contributed by atoms with E-state index in [0.717, 1.165) is 31.5 Å². The molecule has 0 N–H and O–H groups in total. The highest BCUT2D eigenvalue weighted by Crippen LogP contribution is 2.36. The van der Waals surface area contributed by atoms with Crippen LogP contribution in [0.25, 0.3) is 22.3 Å². The van der Waals surface area contributed by atoms with Gasteiger partial charge in [0.1, 0.15) is 22.7 Å². The van der Waals surface area contributed by atoms with Gasteiger partial charge in [0, 0.05) is 24.0 Å². The van der Waals surface area contributed by atoms with Gasteiger partial charge in [0.2, 0.25) is 0 Å². The highest BCUT2D eigenvalue weighted by atomic mass is 16.5. The standard InChI is InChI=1S/C24H25NO5/c1-2-28-24(27)22-19-15-18(29-16-21(26)25-13-7-4-8-14-25)11-12-20(19)30-23(22)17-9-5-3-6-10-17/h3,5-6,9-12,15H,2,4,7-8,13-14,16H2,1H3. The summed E-state index contributed by atoms with van der Waals surface area (Å²) in [6.45, 7) is 3.58. The zero-order valence-corrected chi connectivity index (χ0v) is 17.1. The molecule has 0 aliphatic carbocycles. The number of amides is 1. The highest BCUT2D eigenvalue weighted by molar-refractivity contribution is 6.09. The van der Waals surface area contributed by atoms with Crippen LogP contribution in [-0.4, -0.2) is 43.1 Å². The van der Waals surface area contributed by atoms with E-state index in [1.165, 1.54) is 6.42 Å². The second kappa shape index (κ2) is 9.03. The Kier molecular flexibility index (Phi) is 6.02. The number of hydrogen-bond donors (Lipinski definition) is 0. The van der Waals surface area contributed by atoms with E-state index in [-0.39, 0.29) is 19.1 Å². The fraction of sp³-hybridized carbons (Fsp3) is 0.333. The summed E-state index contributed by atoms with van der Waals surface area (Å²) in [6.07, 6.45) is 3.25. The second-order valence-electron chi connectivity index (χ2n) is 7.28. The summed E-state index contributed by atoms with van der Waals surface area (Å²) in [7, 11) is 0. The molecule has 0 atom stereocenters. The number of esters is 1. The van der Waals surface area contributed by atoms with Crippen molar-refractivity contribution in [1.29, 1.82) is 0 Å². The van der Waals surface area contributed by atoms with Gasteiger partial charge in [-0.15, -0.1) is 0 Å². The van der Waals surface area contributed by atoms with Crippen LogP contribution in [0.2, 0.25) is 0 Å². The monoisotopic (exact) mass is 407 g/mol. The Hall–Kier alpha value is -3.28. The van der Waals surface area contributed by atoms with E-state index in [9.17, 15) is 9.59 Å². The molecule has 1 aliphatic rings. The van der Waals surface area contributed by atoms with Crippen LogP contribution in [0.1, 0.15) is 36.5 Å². The summed E-state index contributed by atoms with van der Waals surface area (Å²) in [5.41, 5.74) is 1.72. The van der Waals surface area contributed by atoms with Crippen LogP contribution in [0.4, 0.5) is 0 Å². The SMILES string of the molecule is CCOC(=O)c1c(-c2ccccc2)oc2ccc(OCC(=O)N3CCCCC3)cc12. The summed E-state index contributed by atoms with van der Waals surface area (Å²) in [4.78, 5) is 27.0. The smallest absolute Gasteiger partial charge is 0.342 e. The summed E-state index contributed by atoms with van der Waals surface area (Å²) in [6, 6.07) is 14.7. The van der Waals surface area contributed by atoms with Crippen LogP contribution in [0, 0.1) is 0 Å². The largest absolute Gasteiger partial charge is 0.484 e. The van der Waals surface area contributed by atoms with Gasteiger partial charge in [-0.05, 0) is 44.4 Å². The number of furan rings is 1. The van der Waals surface area contributed by atoms with E-state index in [2.05, 4.69) is 0 Å². The van der Waals surface area contributed by atoms with Crippen molar-refractivity contribution in [2.45, 2.75) is 26.2 Å². The number of fused-ring (bicyclic) bond motifs is 1. The number of hydrogen-bond acceptors (Lipinski definition) is 5. The Labute approximate surface area is 175 Å². The fourth-order valence-electron chi connectivity index (χ4n) is 3.74. The first kappa shape index (κ1) is 20.0. The van der Waals surface area contributed by atoms with Crippen LogP contribution in [0.5, 0.6) is 5.75 Å². The Morgan fingerprint density at radius 1 is 1.03 bits per heavy atom. The first-order valence-corrected chi connectivity index (χ1v) is 10.4. The molecule has 0 unspecified atom stereocenters. The number of likely N-dealkylation sites (tertiary alicyclic amines) is 1. The van der Waals surface area contributed by atoms with E-state index < -0.39 is 5.97 Å². The number of piperidine rings is 1. The number of carbonyl (C=O) groups excluding carboxylic acids is 2. The van der Waals surface area contributed by atoms with Crippen molar-refractivity contribution in [2.24, 2.45) is 0 Å². The van der Waals surface area contributed by atoms with Gasteiger partial charge >= 0.3 is 5.97 Å². The van der Waals surface area contributed by atoms with Crippen molar-refractivity contribution in [3.63, 3.8) is 0 Å². The molecule has 0 radical (unpaired) electrons. The van der Waals surface area contributed by atoms with Crippen molar-refractivity contribution >= 4 is 22.8 Å². The van der Waals surface area contributed by atoms with Gasteiger partial charge in [-0.1, -0.05) is 30.3 Å². The van der Waals surface area contributed by atoms with Crippen molar-refractivity contribution < 1.29 is 23.5 Å². The molecule has 0 saturated carbocycles. The molecule has 2 heterocycles. The molecule has 6 nitrogen and oxygen atoms in total. The first-order chi connectivity index (χ1) is 14.7. The van der Waals surface area contributed by atoms with Crippen LogP contribution in [0.3, 0.4) is 0 Å². The molecule has 3 aromatic rings. The third kappa shape index (κ3) is 4.17. The minimum atomic E-state index is -0.448. The molecule has 1 fully saturated rings. The Bertz CT molecular complexity index is 1030. The average molecular weight is 407 g/mol. The quantitative estimate of drug-likeness (QED) is 0.556. The van der Waals surface area contributed by atoms with Gasteiger partial charge in [0.05, 0.1) is 6.61 Å². The molecular formula is C24H25NO5. The molecule has 1 aliphatic heterocycles. The third-order valence-electron chi connectivity index (χ3n) is 5.25. The van der Waals surface area contributed by atoms with Crippen molar-refractivity contribution in [3.05, 3.63) is 54.1 Å². The average Bonchev–Trinajstić information content (AvgIpc) is 3.18. The van der Waals surface area contributed by atoms with Gasteiger partial charge in [0.25, 0.3) is 5.91 Å². The molecular weight excluding hydrogens is 382 g/mol. The fourth-order valence-corrected chi connectivity index (χ4v) is 3.74. The topological polar surface area (TPSA) is 69.0 Å². The van der Waals surface area contributed by atoms with Crippen molar-refractivity contribution in [3.8, 4) is 17.1 Å². The minimum absolute atomic E-state index is 0.0161. The van der Waals surface area contributed by atoms with E-state index in [1.54, 1.807) is 25.1 Å². The van der Waals surface area contributed by atoms with E-state index >= 15 is 0 Å². The summed E-state index contributed by atoms with van der Waals surface area (Å²) >= 11 is 0. The van der Waals surface area contributed by atoms with Gasteiger partial charge in [-0.25, -0.2) is 4.79 Å². The first-order valence-electron chi connectivity index (χ1n) is 10.4. The zero-order valence-electron chi connectivity index (χ0n) is 17.1. The Morgan fingerprint density at radius 3 is 2.53 bits per heavy atom. The molecule has 156 valence electrons. The molecule has 30 heavy (non-hydrogen) atoms. The third-order valence-corrected chi connectivity index (χ3v) is 5.25. The lowest BCUT2D eigenvalue weighted by Gasteiger charge is -2.26. The number of benzene rings is 2. The molecule has 6 heteroatoms. The highest BCUT2D eigenvalue weighted by Gasteiger charge is 2.24. The summed E-state index contributed by atoms with van der Waals surface area (Å²) < 4.78 is 17.0. The summed E-state index contributed by atoms with van der Waals surface area (Å²) in [5.74, 6) is 0.513. The lowest BCUT2D eigenvalue weighted by Crippen LogP contribution is -2.38. The Balaban J connectivity index is 1.63. The maximum atomic E-state index is 12.7. The number of rotatable bonds is 6. The predicted octanol–water partition coefficient (Wildman–Crippen LogP) is 4.67. The van der Waals surface area contributed by atoms with Crippen molar-refractivity contribution in [1.82, 2.24) is 4.90 Å². The van der Waals surface area contributed by atoms with Crippen LogP contribution >= 0.6 is 0 Å². The van der Waals surface area contributed by atoms with E-state index in [4.69, 9.17) is 13.9 Å². The maximum absolute atomic E-state index is 12.7. The second-order valence-corrected chi connectivity index (χ2v) is 7.28. The zero-order chi connectivity index (χ0) is 20.9. The lowest BCUT2D eigenvalue weighted by atomic mass is 10.1. The molecule has 0 bridgehead atoms. The molecule has 1 aromatic heterocycles. The predicted molar refractivity (Wildman–Crippen MR) is 114 cm³/mol. The molecule has 4 rings (SSSR count). The lowest BCUT2D eigenvalue weighted by molar-refractivity contribution is -0.134. The van der Waals surface area contributed by atoms with Gasteiger partial charge in [-0.3, -0.25) is 4.79 Å². The van der Waals surface area contributed by atoms with E-state index in [0.29, 0.717) is 28.0 Å². The number of nitrogens with zero attached hydrogens (tertiary/aromatic N) is 1. The van der Waals surface area contributed by atoms with Crippen LogP contribution in [-0.2, 0) is 9.53 Å². The van der Waals surface area contributed by atoms with Crippen LogP contribution in [0.15, 0.2) is 52.9 Å². The van der Waals surface area contributed by atoms with Gasteiger partial charge in [-0.2, -0.15) is 0 Å². The van der Waals surface area contributed by atoms with Crippen LogP contribution < -0.4 is 4.74 Å². The summed E-state index contributed by atoms with van der Waals surface area (Å²) in [5, 5.41) is 0.607. The minimum Gasteiger partial charge on any atom is -0.484 e. The molecule has 2 aromatic carbocycles. The maximum Gasteiger partial charge on any atom is 0.342 e. The van der Waals surface area contributed by atoms with E-state index in [1.807, 2.05) is 35.2 Å². The van der Waals surface area contributed by atoms with Gasteiger partial charge < -0.3 is 18.8 Å². The molecule has 0 spiro atoms.